The third-order valence-corrected chi connectivity index (χ3v) is 5.98. The summed E-state index contributed by atoms with van der Waals surface area (Å²) in [5.74, 6) is -0.481. The van der Waals surface area contributed by atoms with E-state index in [0.29, 0.717) is 11.3 Å². The van der Waals surface area contributed by atoms with Crippen molar-refractivity contribution in [2.45, 2.75) is 33.4 Å². The van der Waals surface area contributed by atoms with E-state index in [9.17, 15) is 18.0 Å². The van der Waals surface area contributed by atoms with E-state index in [1.165, 1.54) is 0 Å². The first kappa shape index (κ1) is 23.4. The summed E-state index contributed by atoms with van der Waals surface area (Å²) in [5.41, 5.74) is 2.63. The number of carbonyl (C=O) groups is 2. The van der Waals surface area contributed by atoms with Crippen molar-refractivity contribution >= 4 is 27.5 Å². The summed E-state index contributed by atoms with van der Waals surface area (Å²) in [7, 11) is -1.87. The van der Waals surface area contributed by atoms with Crippen LogP contribution in [0.1, 0.15) is 35.3 Å². The smallest absolute Gasteiger partial charge is 0.253 e. The van der Waals surface area contributed by atoms with Gasteiger partial charge in [0.25, 0.3) is 5.91 Å². The van der Waals surface area contributed by atoms with Gasteiger partial charge in [-0.25, -0.2) is 8.42 Å². The van der Waals surface area contributed by atoms with Crippen molar-refractivity contribution in [2.75, 3.05) is 24.2 Å². The molecule has 8 heteroatoms. The Morgan fingerprint density at radius 2 is 1.63 bits per heavy atom. The highest BCUT2D eigenvalue weighted by Gasteiger charge is 2.22. The topological polar surface area (TPSA) is 86.8 Å². The fourth-order valence-corrected chi connectivity index (χ4v) is 3.73. The second kappa shape index (κ2) is 9.75. The molecule has 0 heterocycles. The lowest BCUT2D eigenvalue weighted by Gasteiger charge is -2.23. The Balaban J connectivity index is 2.03. The van der Waals surface area contributed by atoms with Gasteiger partial charge in [-0.3, -0.25) is 13.9 Å². The van der Waals surface area contributed by atoms with Gasteiger partial charge in [0.15, 0.2) is 0 Å². The van der Waals surface area contributed by atoms with Gasteiger partial charge in [-0.05, 0) is 50.1 Å². The molecule has 0 aliphatic rings. The number of nitrogens with zero attached hydrogens (tertiary/aromatic N) is 2. The molecule has 0 fully saturated rings. The molecule has 2 aromatic carbocycles. The predicted molar refractivity (Wildman–Crippen MR) is 119 cm³/mol. The molecule has 0 unspecified atom stereocenters. The van der Waals surface area contributed by atoms with Gasteiger partial charge in [0.2, 0.25) is 15.9 Å². The van der Waals surface area contributed by atoms with E-state index in [0.717, 1.165) is 21.7 Å². The average Bonchev–Trinajstić information content (AvgIpc) is 2.69. The highest BCUT2D eigenvalue weighted by molar-refractivity contribution is 7.92. The maximum absolute atomic E-state index is 12.4. The van der Waals surface area contributed by atoms with Crippen LogP contribution in [-0.2, 0) is 21.4 Å². The monoisotopic (exact) mass is 431 g/mol. The minimum atomic E-state index is -3.62. The summed E-state index contributed by atoms with van der Waals surface area (Å²) in [5, 5.41) is 2.74. The van der Waals surface area contributed by atoms with Crippen molar-refractivity contribution in [3.63, 3.8) is 0 Å². The fraction of sp³-hybridized carbons (Fsp3) is 0.364. The average molecular weight is 432 g/mol. The minimum Gasteiger partial charge on any atom is -0.350 e. The molecule has 0 saturated carbocycles. The minimum absolute atomic E-state index is 0.0670. The number of amides is 2. The van der Waals surface area contributed by atoms with E-state index in [-0.39, 0.29) is 25.0 Å². The number of para-hydroxylation sites is 1. The summed E-state index contributed by atoms with van der Waals surface area (Å²) in [6, 6.07) is 14.1. The number of hydrogen-bond acceptors (Lipinski definition) is 4. The molecule has 7 nitrogen and oxygen atoms in total. The highest BCUT2D eigenvalue weighted by Crippen LogP contribution is 2.21. The maximum Gasteiger partial charge on any atom is 0.253 e. The van der Waals surface area contributed by atoms with Gasteiger partial charge in [-0.2, -0.15) is 0 Å². The number of hydrogen-bond donors (Lipinski definition) is 1. The van der Waals surface area contributed by atoms with E-state index < -0.39 is 15.9 Å². The van der Waals surface area contributed by atoms with Gasteiger partial charge in [0, 0.05) is 25.2 Å². The summed E-state index contributed by atoms with van der Waals surface area (Å²) in [6.45, 7) is 5.61. The summed E-state index contributed by atoms with van der Waals surface area (Å²) < 4.78 is 25.5. The number of aryl methyl sites for hydroxylation is 1. The van der Waals surface area contributed by atoms with Crippen LogP contribution in [0.5, 0.6) is 0 Å². The van der Waals surface area contributed by atoms with E-state index in [1.54, 1.807) is 61.3 Å². The van der Waals surface area contributed by atoms with Crippen molar-refractivity contribution in [1.29, 1.82) is 0 Å². The van der Waals surface area contributed by atoms with Crippen LogP contribution in [0, 0.1) is 6.92 Å². The van der Waals surface area contributed by atoms with Gasteiger partial charge in [-0.1, -0.05) is 30.3 Å². The number of sulfonamides is 1. The molecule has 2 aromatic rings. The third-order valence-electron chi connectivity index (χ3n) is 4.86. The van der Waals surface area contributed by atoms with Gasteiger partial charge < -0.3 is 10.2 Å². The van der Waals surface area contributed by atoms with Crippen molar-refractivity contribution in [2.24, 2.45) is 0 Å². The molecule has 0 atom stereocenters. The first-order valence-electron chi connectivity index (χ1n) is 9.67. The Hall–Kier alpha value is -2.87. The lowest BCUT2D eigenvalue weighted by Crippen LogP contribution is -2.40. The molecule has 0 saturated heterocycles. The first-order chi connectivity index (χ1) is 14.0. The van der Waals surface area contributed by atoms with Crippen LogP contribution in [0.3, 0.4) is 0 Å². The second-order valence-corrected chi connectivity index (χ2v) is 9.45. The van der Waals surface area contributed by atoms with Crippen LogP contribution in [-0.4, -0.2) is 51.0 Å². The molecule has 0 radical (unpaired) electrons. The second-order valence-electron chi connectivity index (χ2n) is 7.54. The van der Waals surface area contributed by atoms with Crippen LogP contribution >= 0.6 is 0 Å². The van der Waals surface area contributed by atoms with E-state index in [2.05, 4.69) is 5.32 Å². The highest BCUT2D eigenvalue weighted by atomic mass is 32.2. The van der Waals surface area contributed by atoms with E-state index in [1.807, 2.05) is 19.9 Å². The lowest BCUT2D eigenvalue weighted by molar-refractivity contribution is -0.119. The zero-order valence-corrected chi connectivity index (χ0v) is 18.9. The Morgan fingerprint density at radius 1 is 1.03 bits per heavy atom. The first-order valence-corrected chi connectivity index (χ1v) is 11.5. The van der Waals surface area contributed by atoms with Crippen LogP contribution in [0.25, 0.3) is 0 Å². The molecule has 162 valence electrons. The number of carbonyl (C=O) groups excluding carboxylic acids is 2. The lowest BCUT2D eigenvalue weighted by atomic mass is 10.1. The molecule has 0 aromatic heterocycles. The Labute approximate surface area is 178 Å². The summed E-state index contributed by atoms with van der Waals surface area (Å²) in [4.78, 5) is 26.4. The quantitative estimate of drug-likeness (QED) is 0.696. The van der Waals surface area contributed by atoms with Gasteiger partial charge in [0.05, 0.1) is 11.9 Å². The van der Waals surface area contributed by atoms with Crippen molar-refractivity contribution in [3.8, 4) is 0 Å². The summed E-state index contributed by atoms with van der Waals surface area (Å²) >= 11 is 0. The van der Waals surface area contributed by atoms with Crippen LogP contribution < -0.4 is 9.62 Å². The standard InChI is InChI=1S/C22H29N3O4S/c1-16(2)24(4)22(27)19-12-10-18(11-13-19)14-23-21(26)15-25(30(5,28)29)20-9-7-6-8-17(20)3/h6-13,16H,14-15H2,1-5H3,(H,23,26). The third kappa shape index (κ3) is 6.06. The SMILES string of the molecule is Cc1ccccc1N(CC(=O)NCc1ccc(C(=O)N(C)C(C)C)cc1)S(C)(=O)=O. The van der Waals surface area contributed by atoms with Crippen molar-refractivity contribution in [1.82, 2.24) is 10.2 Å². The number of nitrogens with one attached hydrogen (secondary N) is 1. The van der Waals surface area contributed by atoms with E-state index in [4.69, 9.17) is 0 Å². The van der Waals surface area contributed by atoms with Crippen LogP contribution in [0.2, 0.25) is 0 Å². The zero-order valence-electron chi connectivity index (χ0n) is 18.0. The molecular weight excluding hydrogens is 402 g/mol. The number of rotatable bonds is 8. The van der Waals surface area contributed by atoms with E-state index >= 15 is 0 Å². The zero-order chi connectivity index (χ0) is 22.5. The van der Waals surface area contributed by atoms with Gasteiger partial charge in [0.1, 0.15) is 6.54 Å². The normalized spacial score (nSPS) is 11.3. The molecule has 0 spiro atoms. The molecule has 0 aliphatic heterocycles. The van der Waals surface area contributed by atoms with Crippen molar-refractivity contribution in [3.05, 3.63) is 65.2 Å². The Bertz CT molecular complexity index is 1000. The molecule has 2 rings (SSSR count). The van der Waals surface area contributed by atoms with Crippen LogP contribution in [0.15, 0.2) is 48.5 Å². The Morgan fingerprint density at radius 3 is 2.17 bits per heavy atom. The predicted octanol–water partition coefficient (Wildman–Crippen LogP) is 2.56. The molecule has 0 bridgehead atoms. The number of anilines is 1. The molecular formula is C22H29N3O4S. The largest absolute Gasteiger partial charge is 0.350 e. The maximum atomic E-state index is 12.4. The molecule has 30 heavy (non-hydrogen) atoms. The molecule has 0 aliphatic carbocycles. The fourth-order valence-electron chi connectivity index (χ4n) is 2.81. The molecule has 2 amide bonds. The van der Waals surface area contributed by atoms with Crippen molar-refractivity contribution < 1.29 is 18.0 Å². The summed E-state index contributed by atoms with van der Waals surface area (Å²) in [6.07, 6.45) is 1.08. The molecule has 1 N–H and O–H groups in total. The Kier molecular flexibility index (Phi) is 7.61. The van der Waals surface area contributed by atoms with Crippen LogP contribution in [0.4, 0.5) is 5.69 Å². The van der Waals surface area contributed by atoms with Gasteiger partial charge in [-0.15, -0.1) is 0 Å². The number of benzene rings is 2. The van der Waals surface area contributed by atoms with Gasteiger partial charge >= 0.3 is 0 Å².